The van der Waals surface area contributed by atoms with Crippen LogP contribution in [-0.4, -0.2) is 72.1 Å². The largest absolute Gasteiger partial charge is 0.360 e. The van der Waals surface area contributed by atoms with E-state index in [1.54, 1.807) is 13.0 Å². The summed E-state index contributed by atoms with van der Waals surface area (Å²) in [5, 5.41) is 9.44. The van der Waals surface area contributed by atoms with Gasteiger partial charge in [0, 0.05) is 38.3 Å². The number of carbonyl (C=O) groups is 2. The van der Waals surface area contributed by atoms with E-state index in [4.69, 9.17) is 4.52 Å². The van der Waals surface area contributed by atoms with E-state index in [0.717, 1.165) is 32.6 Å². The number of piperazine rings is 1. The first kappa shape index (κ1) is 18.4. The predicted molar refractivity (Wildman–Crippen MR) is 90.6 cm³/mol. The lowest BCUT2D eigenvalue weighted by molar-refractivity contribution is -0.124. The molecule has 2 N–H and O–H groups in total. The number of nitrogens with one attached hydrogen (secondary N) is 2. The van der Waals surface area contributed by atoms with E-state index in [2.05, 4.69) is 32.5 Å². The maximum absolute atomic E-state index is 12.0. The molecule has 2 amide bonds. The van der Waals surface area contributed by atoms with Crippen LogP contribution in [0.1, 0.15) is 26.0 Å². The van der Waals surface area contributed by atoms with E-state index in [1.807, 2.05) is 6.92 Å². The van der Waals surface area contributed by atoms with Crippen LogP contribution in [0, 0.1) is 6.92 Å². The highest BCUT2D eigenvalue weighted by atomic mass is 16.5. The quantitative estimate of drug-likeness (QED) is 0.751. The molecule has 2 rings (SSSR count). The average Bonchev–Trinajstić information content (AvgIpc) is 2.93. The summed E-state index contributed by atoms with van der Waals surface area (Å²) in [6, 6.07) is 1.90. The van der Waals surface area contributed by atoms with Gasteiger partial charge in [-0.25, -0.2) is 0 Å². The lowest BCUT2D eigenvalue weighted by Gasteiger charge is -2.33. The van der Waals surface area contributed by atoms with Crippen molar-refractivity contribution in [2.45, 2.75) is 33.2 Å². The molecule has 0 radical (unpaired) electrons. The zero-order valence-electron chi connectivity index (χ0n) is 14.7. The van der Waals surface area contributed by atoms with E-state index >= 15 is 0 Å². The lowest BCUT2D eigenvalue weighted by atomic mass is 10.2. The molecule has 0 bridgehead atoms. The maximum Gasteiger partial charge on any atom is 0.239 e. The summed E-state index contributed by atoms with van der Waals surface area (Å²) < 4.78 is 4.92. The van der Waals surface area contributed by atoms with Gasteiger partial charge in [0.1, 0.15) is 5.76 Å². The van der Waals surface area contributed by atoms with Gasteiger partial charge in [-0.1, -0.05) is 12.1 Å². The SMILES string of the molecule is CCC(C)NC(=O)CN1CCN(CC(=O)Nc2cc(C)on2)CC1. The Bertz CT molecular complexity index is 552. The van der Waals surface area contributed by atoms with E-state index < -0.39 is 0 Å². The van der Waals surface area contributed by atoms with Gasteiger partial charge in [-0.2, -0.15) is 0 Å². The molecule has 2 heterocycles. The fourth-order valence-corrected chi connectivity index (χ4v) is 2.54. The molecule has 1 aliphatic heterocycles. The lowest BCUT2D eigenvalue weighted by Crippen LogP contribution is -2.51. The molecular formula is C16H27N5O3. The Balaban J connectivity index is 1.67. The molecular weight excluding hydrogens is 310 g/mol. The summed E-state index contributed by atoms with van der Waals surface area (Å²) in [7, 11) is 0. The third kappa shape index (κ3) is 5.93. The van der Waals surface area contributed by atoms with Crippen LogP contribution in [0.5, 0.6) is 0 Å². The van der Waals surface area contributed by atoms with Gasteiger partial charge in [-0.05, 0) is 20.3 Å². The predicted octanol–water partition coefficient (Wildman–Crippen LogP) is 0.454. The summed E-state index contributed by atoms with van der Waals surface area (Å²) in [5.41, 5.74) is 0. The molecule has 1 aromatic rings. The summed E-state index contributed by atoms with van der Waals surface area (Å²) in [4.78, 5) is 28.1. The van der Waals surface area contributed by atoms with E-state index in [0.29, 0.717) is 24.7 Å². The molecule has 0 saturated carbocycles. The standard InChI is InChI=1S/C16H27N5O3/c1-4-12(2)17-15(22)10-20-5-7-21(8-6-20)11-16(23)18-14-9-13(3)24-19-14/h9,12H,4-8,10-11H2,1-3H3,(H,17,22)(H,18,19,23). The molecule has 1 unspecified atom stereocenters. The fourth-order valence-electron chi connectivity index (χ4n) is 2.54. The van der Waals surface area contributed by atoms with Gasteiger partial charge in [0.15, 0.2) is 5.82 Å². The summed E-state index contributed by atoms with van der Waals surface area (Å²) >= 11 is 0. The van der Waals surface area contributed by atoms with Crippen LogP contribution in [0.25, 0.3) is 0 Å². The summed E-state index contributed by atoms with van der Waals surface area (Å²) in [6.45, 7) is 9.67. The molecule has 1 aromatic heterocycles. The zero-order chi connectivity index (χ0) is 17.5. The van der Waals surface area contributed by atoms with Crippen molar-refractivity contribution in [3.8, 4) is 0 Å². The number of hydrogen-bond acceptors (Lipinski definition) is 6. The van der Waals surface area contributed by atoms with Gasteiger partial charge in [-0.15, -0.1) is 0 Å². The first-order valence-electron chi connectivity index (χ1n) is 8.43. The van der Waals surface area contributed by atoms with Crippen molar-refractivity contribution in [1.82, 2.24) is 20.3 Å². The second kappa shape index (κ2) is 8.79. The molecule has 8 nitrogen and oxygen atoms in total. The van der Waals surface area contributed by atoms with Crippen LogP contribution >= 0.6 is 0 Å². The van der Waals surface area contributed by atoms with Gasteiger partial charge in [-0.3, -0.25) is 19.4 Å². The Morgan fingerprint density at radius 3 is 2.29 bits per heavy atom. The minimum Gasteiger partial charge on any atom is -0.360 e. The molecule has 0 aliphatic carbocycles. The molecule has 1 aliphatic rings. The van der Waals surface area contributed by atoms with Crippen LogP contribution in [0.3, 0.4) is 0 Å². The van der Waals surface area contributed by atoms with Gasteiger partial charge in [0.25, 0.3) is 0 Å². The molecule has 134 valence electrons. The highest BCUT2D eigenvalue weighted by molar-refractivity contribution is 5.91. The Labute approximate surface area is 142 Å². The number of aromatic nitrogens is 1. The molecule has 1 atom stereocenters. The number of hydrogen-bond donors (Lipinski definition) is 2. The molecule has 0 spiro atoms. The monoisotopic (exact) mass is 337 g/mol. The summed E-state index contributed by atoms with van der Waals surface area (Å²) in [6.07, 6.45) is 0.930. The van der Waals surface area contributed by atoms with Gasteiger partial charge < -0.3 is 15.2 Å². The summed E-state index contributed by atoms with van der Waals surface area (Å²) in [5.74, 6) is 1.07. The first-order valence-corrected chi connectivity index (χ1v) is 8.43. The normalized spacial score (nSPS) is 17.5. The van der Waals surface area contributed by atoms with Crippen LogP contribution in [0.15, 0.2) is 10.6 Å². The van der Waals surface area contributed by atoms with Crippen molar-refractivity contribution < 1.29 is 14.1 Å². The third-order valence-corrected chi connectivity index (χ3v) is 4.11. The number of aryl methyl sites for hydroxylation is 1. The highest BCUT2D eigenvalue weighted by Gasteiger charge is 2.21. The fraction of sp³-hybridized carbons (Fsp3) is 0.688. The minimum absolute atomic E-state index is 0.0666. The molecule has 1 fully saturated rings. The number of anilines is 1. The van der Waals surface area contributed by atoms with Crippen molar-refractivity contribution >= 4 is 17.6 Å². The van der Waals surface area contributed by atoms with Crippen LogP contribution in [0.4, 0.5) is 5.82 Å². The topological polar surface area (TPSA) is 90.7 Å². The van der Waals surface area contributed by atoms with E-state index in [-0.39, 0.29) is 17.9 Å². The van der Waals surface area contributed by atoms with Gasteiger partial charge >= 0.3 is 0 Å². The van der Waals surface area contributed by atoms with Gasteiger partial charge in [0.2, 0.25) is 11.8 Å². The van der Waals surface area contributed by atoms with Crippen molar-refractivity contribution in [2.24, 2.45) is 0 Å². The smallest absolute Gasteiger partial charge is 0.239 e. The van der Waals surface area contributed by atoms with Crippen LogP contribution in [0.2, 0.25) is 0 Å². The van der Waals surface area contributed by atoms with E-state index in [9.17, 15) is 9.59 Å². The van der Waals surface area contributed by atoms with Crippen molar-refractivity contribution in [1.29, 1.82) is 0 Å². The Morgan fingerprint density at radius 1 is 1.21 bits per heavy atom. The second-order valence-electron chi connectivity index (χ2n) is 6.30. The van der Waals surface area contributed by atoms with E-state index in [1.165, 1.54) is 0 Å². The van der Waals surface area contributed by atoms with Crippen molar-refractivity contribution in [3.63, 3.8) is 0 Å². The average molecular weight is 337 g/mol. The van der Waals surface area contributed by atoms with Crippen LogP contribution in [-0.2, 0) is 9.59 Å². The number of carbonyl (C=O) groups excluding carboxylic acids is 2. The number of amides is 2. The minimum atomic E-state index is -0.105. The van der Waals surface area contributed by atoms with Crippen LogP contribution < -0.4 is 10.6 Å². The highest BCUT2D eigenvalue weighted by Crippen LogP contribution is 2.07. The Kier molecular flexibility index (Phi) is 6.74. The zero-order valence-corrected chi connectivity index (χ0v) is 14.7. The number of nitrogens with zero attached hydrogens (tertiary/aromatic N) is 3. The first-order chi connectivity index (χ1) is 11.5. The van der Waals surface area contributed by atoms with Crippen molar-refractivity contribution in [2.75, 3.05) is 44.6 Å². The third-order valence-electron chi connectivity index (χ3n) is 4.11. The van der Waals surface area contributed by atoms with Crippen molar-refractivity contribution in [3.05, 3.63) is 11.8 Å². The Hall–Kier alpha value is -1.93. The number of rotatable bonds is 7. The van der Waals surface area contributed by atoms with Gasteiger partial charge in [0.05, 0.1) is 13.1 Å². The Morgan fingerprint density at radius 2 is 1.79 bits per heavy atom. The molecule has 8 heteroatoms. The second-order valence-corrected chi connectivity index (χ2v) is 6.30. The maximum atomic E-state index is 12.0. The molecule has 24 heavy (non-hydrogen) atoms. The molecule has 0 aromatic carbocycles. The molecule has 1 saturated heterocycles.